The van der Waals surface area contributed by atoms with Crippen molar-refractivity contribution in [2.45, 2.75) is 75.5 Å². The van der Waals surface area contributed by atoms with Crippen LogP contribution in [0.25, 0.3) is 0 Å². The molecule has 2 saturated carbocycles. The molecule has 2 aliphatic rings. The molecule has 21 heavy (non-hydrogen) atoms. The van der Waals surface area contributed by atoms with E-state index < -0.39 is 0 Å². The van der Waals surface area contributed by atoms with E-state index in [9.17, 15) is 4.79 Å². The van der Waals surface area contributed by atoms with E-state index in [2.05, 4.69) is 33.9 Å². The third-order valence-corrected chi connectivity index (χ3v) is 4.95. The smallest absolute Gasteiger partial charge is 0.230 e. The second-order valence-electron chi connectivity index (χ2n) is 6.26. The predicted molar refractivity (Wildman–Crippen MR) is 83.5 cm³/mol. The van der Waals surface area contributed by atoms with Crippen LogP contribution in [-0.2, 0) is 4.79 Å². The Bertz CT molecular complexity index is 508. The fraction of sp³-hybridized carbons (Fsp3) is 0.800. The van der Waals surface area contributed by atoms with Crippen molar-refractivity contribution in [1.82, 2.24) is 20.1 Å². The van der Waals surface area contributed by atoms with Crippen LogP contribution in [0.3, 0.4) is 0 Å². The van der Waals surface area contributed by atoms with Gasteiger partial charge in [-0.3, -0.25) is 4.79 Å². The minimum absolute atomic E-state index is 0.0965. The number of nitrogens with zero attached hydrogens (tertiary/aromatic N) is 3. The highest BCUT2D eigenvalue weighted by Gasteiger charge is 2.36. The zero-order valence-corrected chi connectivity index (χ0v) is 13.7. The standard InChI is InChI=1S/C15H24N4OS/c1-3-4-10(2)16-13(20)9-21-15-18-17-14(11-5-6-11)19(15)12-7-8-12/h10-12H,3-9H2,1-2H3,(H,16,20). The summed E-state index contributed by atoms with van der Waals surface area (Å²) in [5, 5.41) is 12.7. The van der Waals surface area contributed by atoms with Crippen LogP contribution < -0.4 is 5.32 Å². The number of thioether (sulfide) groups is 1. The Kier molecular flexibility index (Phi) is 4.52. The van der Waals surface area contributed by atoms with Crippen LogP contribution in [0.4, 0.5) is 0 Å². The van der Waals surface area contributed by atoms with Gasteiger partial charge in [0.1, 0.15) is 5.82 Å². The van der Waals surface area contributed by atoms with E-state index in [4.69, 9.17) is 0 Å². The first-order valence-electron chi connectivity index (χ1n) is 8.06. The Morgan fingerprint density at radius 1 is 1.38 bits per heavy atom. The summed E-state index contributed by atoms with van der Waals surface area (Å²) in [4.78, 5) is 12.0. The molecule has 3 rings (SSSR count). The monoisotopic (exact) mass is 308 g/mol. The summed E-state index contributed by atoms with van der Waals surface area (Å²) in [6.45, 7) is 4.19. The van der Waals surface area contributed by atoms with Crippen molar-refractivity contribution in [3.05, 3.63) is 5.82 Å². The van der Waals surface area contributed by atoms with Crippen molar-refractivity contribution in [3.63, 3.8) is 0 Å². The summed E-state index contributed by atoms with van der Waals surface area (Å²) < 4.78 is 2.30. The normalized spacial score (nSPS) is 19.5. The minimum Gasteiger partial charge on any atom is -0.353 e. The summed E-state index contributed by atoms with van der Waals surface area (Å²) in [5.41, 5.74) is 0. The molecule has 1 atom stereocenters. The molecule has 1 unspecified atom stereocenters. The second-order valence-corrected chi connectivity index (χ2v) is 7.20. The summed E-state index contributed by atoms with van der Waals surface area (Å²) in [5.74, 6) is 2.30. The molecule has 116 valence electrons. The van der Waals surface area contributed by atoms with Crippen LogP contribution in [0.1, 0.15) is 70.2 Å². The average molecular weight is 308 g/mol. The zero-order valence-electron chi connectivity index (χ0n) is 12.8. The van der Waals surface area contributed by atoms with E-state index in [0.29, 0.717) is 17.7 Å². The van der Waals surface area contributed by atoms with Gasteiger partial charge < -0.3 is 9.88 Å². The Labute approximate surface area is 130 Å². The van der Waals surface area contributed by atoms with Crippen LogP contribution in [-0.4, -0.2) is 32.5 Å². The lowest BCUT2D eigenvalue weighted by Gasteiger charge is -2.12. The van der Waals surface area contributed by atoms with E-state index >= 15 is 0 Å². The highest BCUT2D eigenvalue weighted by molar-refractivity contribution is 7.99. The van der Waals surface area contributed by atoms with Gasteiger partial charge in [0, 0.05) is 18.0 Å². The number of hydrogen-bond acceptors (Lipinski definition) is 4. The Morgan fingerprint density at radius 3 is 2.76 bits per heavy atom. The first kappa shape index (κ1) is 14.9. The number of carbonyl (C=O) groups excluding carboxylic acids is 1. The molecule has 0 bridgehead atoms. The summed E-state index contributed by atoms with van der Waals surface area (Å²) in [6, 6.07) is 0.839. The molecule has 1 heterocycles. The lowest BCUT2D eigenvalue weighted by molar-refractivity contribution is -0.119. The van der Waals surface area contributed by atoms with Gasteiger partial charge in [-0.2, -0.15) is 0 Å². The van der Waals surface area contributed by atoms with Gasteiger partial charge in [0.15, 0.2) is 5.16 Å². The lowest BCUT2D eigenvalue weighted by Crippen LogP contribution is -2.33. The van der Waals surface area contributed by atoms with Crippen molar-refractivity contribution in [3.8, 4) is 0 Å². The molecule has 2 fully saturated rings. The van der Waals surface area contributed by atoms with Gasteiger partial charge in [-0.05, 0) is 39.0 Å². The molecular weight excluding hydrogens is 284 g/mol. The molecule has 5 nitrogen and oxygen atoms in total. The van der Waals surface area contributed by atoms with Crippen LogP contribution in [0.15, 0.2) is 5.16 Å². The highest BCUT2D eigenvalue weighted by atomic mass is 32.2. The first-order valence-corrected chi connectivity index (χ1v) is 9.04. The molecule has 0 aliphatic heterocycles. The topological polar surface area (TPSA) is 59.8 Å². The number of aromatic nitrogens is 3. The number of rotatable bonds is 8. The predicted octanol–water partition coefficient (Wildman–Crippen LogP) is 2.89. The van der Waals surface area contributed by atoms with E-state index in [-0.39, 0.29) is 11.9 Å². The van der Waals surface area contributed by atoms with Gasteiger partial charge in [-0.1, -0.05) is 25.1 Å². The van der Waals surface area contributed by atoms with E-state index in [1.54, 1.807) is 0 Å². The van der Waals surface area contributed by atoms with Crippen LogP contribution in [0, 0.1) is 0 Å². The third kappa shape index (κ3) is 3.78. The Morgan fingerprint density at radius 2 is 2.14 bits per heavy atom. The van der Waals surface area contributed by atoms with E-state index in [1.807, 2.05) is 0 Å². The fourth-order valence-electron chi connectivity index (χ4n) is 2.63. The van der Waals surface area contributed by atoms with Crippen molar-refractivity contribution < 1.29 is 4.79 Å². The van der Waals surface area contributed by atoms with Gasteiger partial charge in [-0.25, -0.2) is 0 Å². The largest absolute Gasteiger partial charge is 0.353 e. The molecule has 0 spiro atoms. The van der Waals surface area contributed by atoms with Crippen molar-refractivity contribution >= 4 is 17.7 Å². The van der Waals surface area contributed by atoms with E-state index in [1.165, 1.54) is 37.4 Å². The SMILES string of the molecule is CCCC(C)NC(=O)CSc1nnc(C2CC2)n1C1CC1. The van der Waals surface area contributed by atoms with Gasteiger partial charge in [-0.15, -0.1) is 10.2 Å². The van der Waals surface area contributed by atoms with Gasteiger partial charge in [0.25, 0.3) is 0 Å². The fourth-order valence-corrected chi connectivity index (χ4v) is 3.46. The maximum absolute atomic E-state index is 12.0. The summed E-state index contributed by atoms with van der Waals surface area (Å²) >= 11 is 1.53. The number of hydrogen-bond donors (Lipinski definition) is 1. The molecule has 1 amide bonds. The molecule has 0 aromatic carbocycles. The van der Waals surface area contributed by atoms with Crippen molar-refractivity contribution in [2.24, 2.45) is 0 Å². The molecule has 2 aliphatic carbocycles. The van der Waals surface area contributed by atoms with Crippen molar-refractivity contribution in [2.75, 3.05) is 5.75 Å². The van der Waals surface area contributed by atoms with Gasteiger partial charge in [0.05, 0.1) is 5.75 Å². The molecule has 1 aromatic heterocycles. The molecule has 1 N–H and O–H groups in total. The number of amides is 1. The van der Waals surface area contributed by atoms with E-state index in [0.717, 1.165) is 23.8 Å². The van der Waals surface area contributed by atoms with Crippen LogP contribution in [0.5, 0.6) is 0 Å². The maximum atomic E-state index is 12.0. The lowest BCUT2D eigenvalue weighted by atomic mass is 10.2. The molecule has 0 saturated heterocycles. The minimum atomic E-state index is 0.0965. The van der Waals surface area contributed by atoms with Gasteiger partial charge >= 0.3 is 0 Å². The van der Waals surface area contributed by atoms with Gasteiger partial charge in [0.2, 0.25) is 5.91 Å². The highest BCUT2D eigenvalue weighted by Crippen LogP contribution is 2.45. The van der Waals surface area contributed by atoms with Crippen LogP contribution >= 0.6 is 11.8 Å². The molecular formula is C15H24N4OS. The quantitative estimate of drug-likeness (QED) is 0.750. The Hall–Kier alpha value is -1.04. The Balaban J connectivity index is 1.56. The number of carbonyl (C=O) groups is 1. The third-order valence-electron chi connectivity index (χ3n) is 4.01. The molecule has 1 aromatic rings. The maximum Gasteiger partial charge on any atom is 0.230 e. The second kappa shape index (κ2) is 6.38. The zero-order chi connectivity index (χ0) is 14.8. The molecule has 6 heteroatoms. The average Bonchev–Trinajstić information content (AvgIpc) is 3.35. The van der Waals surface area contributed by atoms with Crippen molar-refractivity contribution in [1.29, 1.82) is 0 Å². The van der Waals surface area contributed by atoms with Crippen LogP contribution in [0.2, 0.25) is 0 Å². The summed E-state index contributed by atoms with van der Waals surface area (Å²) in [7, 11) is 0. The first-order chi connectivity index (χ1) is 10.2. The summed E-state index contributed by atoms with van der Waals surface area (Å²) in [6.07, 6.45) is 7.06. The number of nitrogens with one attached hydrogen (secondary N) is 1. The molecule has 0 radical (unpaired) electrons.